The highest BCUT2D eigenvalue weighted by Gasteiger charge is 2.27. The van der Waals surface area contributed by atoms with Crippen LogP contribution in [0.15, 0.2) is 53.7 Å². The van der Waals surface area contributed by atoms with Crippen molar-refractivity contribution in [2.45, 2.75) is 20.4 Å². The molecule has 0 aliphatic heterocycles. The molecule has 0 unspecified atom stereocenters. The topological polar surface area (TPSA) is 89.9 Å². The maximum absolute atomic E-state index is 11.9. The molecular weight excluding hydrogens is 346 g/mol. The van der Waals surface area contributed by atoms with E-state index in [4.69, 9.17) is 9.47 Å². The molecule has 0 atom stereocenters. The maximum Gasteiger partial charge on any atom is 0.325 e. The van der Waals surface area contributed by atoms with Crippen molar-refractivity contribution in [2.75, 3.05) is 18.5 Å². The van der Waals surface area contributed by atoms with Gasteiger partial charge in [0.15, 0.2) is 5.92 Å². The summed E-state index contributed by atoms with van der Waals surface area (Å²) in [7, 11) is 0. The SMILES string of the molecule is CCOC(=O)C(C=Nc1ccc(NCc2ccccc2)nc1)C(=O)OCC. The van der Waals surface area contributed by atoms with Crippen LogP contribution in [-0.2, 0) is 25.6 Å². The third-order valence-corrected chi connectivity index (χ3v) is 3.52. The number of benzene rings is 1. The van der Waals surface area contributed by atoms with Crippen LogP contribution in [0.5, 0.6) is 0 Å². The zero-order chi connectivity index (χ0) is 19.5. The molecule has 0 bridgehead atoms. The zero-order valence-electron chi connectivity index (χ0n) is 15.4. The number of rotatable bonds is 9. The smallest absolute Gasteiger partial charge is 0.325 e. The third-order valence-electron chi connectivity index (χ3n) is 3.52. The summed E-state index contributed by atoms with van der Waals surface area (Å²) >= 11 is 0. The Bertz CT molecular complexity index is 743. The number of aromatic nitrogens is 1. The first-order valence-electron chi connectivity index (χ1n) is 8.75. The molecule has 7 heteroatoms. The second-order valence-electron chi connectivity index (χ2n) is 5.50. The first kappa shape index (κ1) is 20.1. The molecule has 2 aromatic rings. The van der Waals surface area contributed by atoms with Crippen LogP contribution in [0.2, 0.25) is 0 Å². The number of esters is 2. The quantitative estimate of drug-likeness (QED) is 0.415. The van der Waals surface area contributed by atoms with Crippen LogP contribution >= 0.6 is 0 Å². The third kappa shape index (κ3) is 6.54. The van der Waals surface area contributed by atoms with Gasteiger partial charge in [0.2, 0.25) is 0 Å². The van der Waals surface area contributed by atoms with Gasteiger partial charge in [-0.25, -0.2) is 4.98 Å². The lowest BCUT2D eigenvalue weighted by atomic mass is 10.2. The summed E-state index contributed by atoms with van der Waals surface area (Å²) in [4.78, 5) is 32.3. The van der Waals surface area contributed by atoms with Crippen LogP contribution < -0.4 is 5.32 Å². The van der Waals surface area contributed by atoms with Gasteiger partial charge in [-0.1, -0.05) is 30.3 Å². The van der Waals surface area contributed by atoms with E-state index in [-0.39, 0.29) is 13.2 Å². The van der Waals surface area contributed by atoms with Crippen LogP contribution in [0.1, 0.15) is 19.4 Å². The summed E-state index contributed by atoms with van der Waals surface area (Å²) in [6.07, 6.45) is 2.78. The van der Waals surface area contributed by atoms with E-state index < -0.39 is 17.9 Å². The molecule has 7 nitrogen and oxygen atoms in total. The number of hydrogen-bond acceptors (Lipinski definition) is 7. The number of carbonyl (C=O) groups excluding carboxylic acids is 2. The molecular formula is C20H23N3O4. The molecule has 27 heavy (non-hydrogen) atoms. The Morgan fingerprint density at radius 2 is 1.74 bits per heavy atom. The molecule has 0 aliphatic rings. The maximum atomic E-state index is 11.9. The van der Waals surface area contributed by atoms with E-state index in [9.17, 15) is 9.59 Å². The predicted molar refractivity (Wildman–Crippen MR) is 103 cm³/mol. The molecule has 0 saturated carbocycles. The number of aliphatic imine (C=N–C) groups is 1. The summed E-state index contributed by atoms with van der Waals surface area (Å²) in [6, 6.07) is 13.5. The number of anilines is 1. The van der Waals surface area contributed by atoms with Crippen LogP contribution in [0.25, 0.3) is 0 Å². The predicted octanol–water partition coefficient (Wildman–Crippen LogP) is 3.14. The molecule has 0 fully saturated rings. The first-order valence-corrected chi connectivity index (χ1v) is 8.75. The Balaban J connectivity index is 1.99. The normalized spacial score (nSPS) is 10.8. The van der Waals surface area contributed by atoms with E-state index in [0.29, 0.717) is 18.1 Å². The first-order chi connectivity index (χ1) is 13.1. The summed E-state index contributed by atoms with van der Waals surface area (Å²) in [5.41, 5.74) is 1.66. The average molecular weight is 369 g/mol. The van der Waals surface area contributed by atoms with Gasteiger partial charge < -0.3 is 14.8 Å². The minimum atomic E-state index is -1.19. The van der Waals surface area contributed by atoms with Crippen molar-refractivity contribution in [1.29, 1.82) is 0 Å². The van der Waals surface area contributed by atoms with E-state index >= 15 is 0 Å². The lowest BCUT2D eigenvalue weighted by Crippen LogP contribution is -2.29. The molecule has 0 radical (unpaired) electrons. The van der Waals surface area contributed by atoms with E-state index in [1.807, 2.05) is 30.3 Å². The van der Waals surface area contributed by atoms with Gasteiger partial charge in [-0.05, 0) is 31.5 Å². The van der Waals surface area contributed by atoms with Gasteiger partial charge in [0, 0.05) is 12.8 Å². The molecule has 0 amide bonds. The van der Waals surface area contributed by atoms with E-state index in [2.05, 4.69) is 15.3 Å². The van der Waals surface area contributed by atoms with Crippen molar-refractivity contribution >= 4 is 29.7 Å². The Labute approximate surface area is 158 Å². The van der Waals surface area contributed by atoms with Gasteiger partial charge in [-0.15, -0.1) is 0 Å². The Morgan fingerprint density at radius 3 is 2.30 bits per heavy atom. The molecule has 1 N–H and O–H groups in total. The number of nitrogens with one attached hydrogen (secondary N) is 1. The molecule has 0 spiro atoms. The standard InChI is InChI=1S/C20H23N3O4/c1-3-26-19(24)17(20(25)27-4-2)14-21-16-10-11-18(23-13-16)22-12-15-8-6-5-7-9-15/h5-11,13-14,17H,3-4,12H2,1-2H3,(H,22,23). The second-order valence-corrected chi connectivity index (χ2v) is 5.50. The Morgan fingerprint density at radius 1 is 1.07 bits per heavy atom. The highest BCUT2D eigenvalue weighted by atomic mass is 16.6. The minimum absolute atomic E-state index is 0.173. The highest BCUT2D eigenvalue weighted by Crippen LogP contribution is 2.14. The van der Waals surface area contributed by atoms with Crippen molar-refractivity contribution in [3.63, 3.8) is 0 Å². The van der Waals surface area contributed by atoms with Gasteiger partial charge in [-0.3, -0.25) is 14.6 Å². The average Bonchev–Trinajstić information content (AvgIpc) is 2.69. The minimum Gasteiger partial charge on any atom is -0.465 e. The van der Waals surface area contributed by atoms with Gasteiger partial charge in [-0.2, -0.15) is 0 Å². The fourth-order valence-corrected chi connectivity index (χ4v) is 2.20. The summed E-state index contributed by atoms with van der Waals surface area (Å²) in [5, 5.41) is 3.21. The van der Waals surface area contributed by atoms with Gasteiger partial charge in [0.25, 0.3) is 0 Å². The van der Waals surface area contributed by atoms with Crippen LogP contribution in [0, 0.1) is 5.92 Å². The van der Waals surface area contributed by atoms with E-state index in [1.54, 1.807) is 32.2 Å². The molecule has 2 rings (SSSR count). The molecule has 0 aliphatic carbocycles. The highest BCUT2D eigenvalue weighted by molar-refractivity contribution is 6.09. The number of carbonyl (C=O) groups is 2. The van der Waals surface area contributed by atoms with E-state index in [1.165, 1.54) is 6.21 Å². The summed E-state index contributed by atoms with van der Waals surface area (Å²) in [6.45, 7) is 4.34. The fourth-order valence-electron chi connectivity index (χ4n) is 2.20. The lowest BCUT2D eigenvalue weighted by molar-refractivity contribution is -0.157. The number of pyridine rings is 1. The van der Waals surface area contributed by atoms with Crippen molar-refractivity contribution in [3.05, 3.63) is 54.2 Å². The van der Waals surface area contributed by atoms with Crippen molar-refractivity contribution in [2.24, 2.45) is 10.9 Å². The van der Waals surface area contributed by atoms with Gasteiger partial charge in [0.05, 0.1) is 25.1 Å². The molecule has 1 heterocycles. The van der Waals surface area contributed by atoms with Gasteiger partial charge >= 0.3 is 11.9 Å². The Kier molecular flexibility index (Phi) is 7.96. The van der Waals surface area contributed by atoms with Crippen LogP contribution in [0.3, 0.4) is 0 Å². The van der Waals surface area contributed by atoms with Crippen LogP contribution in [0.4, 0.5) is 11.5 Å². The molecule has 142 valence electrons. The number of ether oxygens (including phenoxy) is 2. The molecule has 1 aromatic heterocycles. The number of hydrogen-bond donors (Lipinski definition) is 1. The monoisotopic (exact) mass is 369 g/mol. The van der Waals surface area contributed by atoms with Gasteiger partial charge in [0.1, 0.15) is 5.82 Å². The Hall–Kier alpha value is -3.22. The van der Waals surface area contributed by atoms with Crippen molar-refractivity contribution in [1.82, 2.24) is 4.98 Å². The van der Waals surface area contributed by atoms with E-state index in [0.717, 1.165) is 5.56 Å². The fraction of sp³-hybridized carbons (Fsp3) is 0.300. The second kappa shape index (κ2) is 10.7. The zero-order valence-corrected chi connectivity index (χ0v) is 15.4. The lowest BCUT2D eigenvalue weighted by Gasteiger charge is -2.10. The molecule has 0 saturated heterocycles. The molecule has 1 aromatic carbocycles. The summed E-state index contributed by atoms with van der Waals surface area (Å²) < 4.78 is 9.79. The van der Waals surface area contributed by atoms with Crippen molar-refractivity contribution < 1.29 is 19.1 Å². The van der Waals surface area contributed by atoms with Crippen molar-refractivity contribution in [3.8, 4) is 0 Å². The van der Waals surface area contributed by atoms with Crippen LogP contribution in [-0.4, -0.2) is 36.4 Å². The summed E-state index contributed by atoms with van der Waals surface area (Å²) in [5.74, 6) is -1.87. The number of nitrogens with zero attached hydrogens (tertiary/aromatic N) is 2. The largest absolute Gasteiger partial charge is 0.465 e.